The molecule has 5 heteroatoms. The first kappa shape index (κ1) is 16.9. The number of carbonyl (C=O) groups excluding carboxylic acids is 1. The van der Waals surface area contributed by atoms with E-state index >= 15 is 0 Å². The molecule has 0 heterocycles. The first-order valence-electron chi connectivity index (χ1n) is 6.89. The molecule has 2 aromatic rings. The molecular weight excluding hydrogens is 316 g/mol. The van der Waals surface area contributed by atoms with Crippen molar-refractivity contribution >= 4 is 23.5 Å². The van der Waals surface area contributed by atoms with Crippen molar-refractivity contribution in [1.29, 1.82) is 0 Å². The topological polar surface area (TPSA) is 55.8 Å². The minimum atomic E-state index is -0.292. The van der Waals surface area contributed by atoms with Gasteiger partial charge in [0.25, 0.3) is 0 Å². The fourth-order valence-electron chi connectivity index (χ4n) is 2.16. The highest BCUT2D eigenvalue weighted by atomic mass is 35.5. The summed E-state index contributed by atoms with van der Waals surface area (Å²) in [4.78, 5) is 12.5. The summed E-state index contributed by atoms with van der Waals surface area (Å²) in [6, 6.07) is 9.73. The van der Waals surface area contributed by atoms with Crippen LogP contribution in [0.25, 0.3) is 6.08 Å². The summed E-state index contributed by atoms with van der Waals surface area (Å²) < 4.78 is 10.4. The number of ketones is 1. The van der Waals surface area contributed by atoms with Gasteiger partial charge in [-0.3, -0.25) is 4.79 Å². The van der Waals surface area contributed by atoms with Crippen LogP contribution in [0.5, 0.6) is 17.2 Å². The molecule has 0 unspecified atom stereocenters. The number of phenols is 1. The summed E-state index contributed by atoms with van der Waals surface area (Å²) in [5.74, 6) is 0.799. The van der Waals surface area contributed by atoms with Crippen LogP contribution in [0.3, 0.4) is 0 Å². The second-order valence-corrected chi connectivity index (χ2v) is 5.37. The summed E-state index contributed by atoms with van der Waals surface area (Å²) in [7, 11) is 3.11. The Hall–Kier alpha value is -2.46. The lowest BCUT2D eigenvalue weighted by molar-refractivity contribution is 0.103. The second-order valence-electron chi connectivity index (χ2n) is 4.93. The number of benzene rings is 2. The van der Waals surface area contributed by atoms with Crippen molar-refractivity contribution in [2.45, 2.75) is 6.92 Å². The molecule has 23 heavy (non-hydrogen) atoms. The monoisotopic (exact) mass is 332 g/mol. The van der Waals surface area contributed by atoms with Crippen LogP contribution in [0.4, 0.5) is 0 Å². The fourth-order valence-corrected chi connectivity index (χ4v) is 2.33. The molecule has 0 radical (unpaired) electrons. The summed E-state index contributed by atoms with van der Waals surface area (Å²) >= 11 is 5.89. The van der Waals surface area contributed by atoms with Crippen LogP contribution < -0.4 is 9.47 Å². The lowest BCUT2D eigenvalue weighted by atomic mass is 10.0. The lowest BCUT2D eigenvalue weighted by Crippen LogP contribution is -2.01. The van der Waals surface area contributed by atoms with Crippen molar-refractivity contribution in [2.75, 3.05) is 14.2 Å². The number of halogens is 1. The molecule has 120 valence electrons. The minimum Gasteiger partial charge on any atom is -0.507 e. The van der Waals surface area contributed by atoms with Gasteiger partial charge in [0.2, 0.25) is 0 Å². The molecule has 0 aliphatic rings. The Labute approximate surface area is 139 Å². The molecule has 2 aromatic carbocycles. The second kappa shape index (κ2) is 7.20. The number of Topliss-reactive ketones (excluding diaryl/α,β-unsaturated/α-hetero) is 1. The van der Waals surface area contributed by atoms with Crippen molar-refractivity contribution in [1.82, 2.24) is 0 Å². The first-order chi connectivity index (χ1) is 11.0. The van der Waals surface area contributed by atoms with Crippen molar-refractivity contribution in [3.63, 3.8) is 0 Å². The maximum Gasteiger partial charge on any atom is 0.192 e. The average Bonchev–Trinajstić information content (AvgIpc) is 2.56. The SMILES string of the molecule is COc1ccc(/C=C(\C)C(=O)c2cc(Cl)ccc2O)cc1OC. The third-order valence-electron chi connectivity index (χ3n) is 3.35. The van der Waals surface area contributed by atoms with Crippen LogP contribution in [0.2, 0.25) is 5.02 Å². The van der Waals surface area contributed by atoms with Crippen LogP contribution in [-0.2, 0) is 0 Å². The highest BCUT2D eigenvalue weighted by molar-refractivity contribution is 6.31. The molecule has 2 rings (SSSR count). The average molecular weight is 333 g/mol. The van der Waals surface area contributed by atoms with Gasteiger partial charge in [0.1, 0.15) is 5.75 Å². The van der Waals surface area contributed by atoms with Crippen molar-refractivity contribution in [3.05, 3.63) is 58.1 Å². The van der Waals surface area contributed by atoms with E-state index < -0.39 is 0 Å². The van der Waals surface area contributed by atoms with E-state index in [4.69, 9.17) is 21.1 Å². The molecule has 0 fully saturated rings. The first-order valence-corrected chi connectivity index (χ1v) is 7.27. The zero-order chi connectivity index (χ0) is 17.0. The quantitative estimate of drug-likeness (QED) is 0.653. The number of allylic oxidation sites excluding steroid dienone is 1. The van der Waals surface area contributed by atoms with Gasteiger partial charge < -0.3 is 14.6 Å². The Kier molecular flexibility index (Phi) is 5.29. The normalized spacial score (nSPS) is 11.2. The molecule has 0 spiro atoms. The van der Waals surface area contributed by atoms with E-state index in [0.29, 0.717) is 22.1 Å². The van der Waals surface area contributed by atoms with Gasteiger partial charge in [-0.15, -0.1) is 0 Å². The largest absolute Gasteiger partial charge is 0.507 e. The van der Waals surface area contributed by atoms with Gasteiger partial charge in [-0.05, 0) is 54.5 Å². The molecule has 1 N–H and O–H groups in total. The Morgan fingerprint density at radius 1 is 1.09 bits per heavy atom. The Bertz CT molecular complexity index is 766. The van der Waals surface area contributed by atoms with E-state index in [9.17, 15) is 9.90 Å². The predicted molar refractivity (Wildman–Crippen MR) is 90.6 cm³/mol. The standard InChI is InChI=1S/C18H17ClO4/c1-11(18(21)14-10-13(19)5-6-15(14)20)8-12-4-7-16(22-2)17(9-12)23-3/h4-10,20H,1-3H3/b11-8+. The zero-order valence-corrected chi connectivity index (χ0v) is 13.8. The number of phenolic OH excluding ortho intramolecular Hbond substituents is 1. The Morgan fingerprint density at radius 2 is 1.78 bits per heavy atom. The van der Waals surface area contributed by atoms with Crippen molar-refractivity contribution in [2.24, 2.45) is 0 Å². The highest BCUT2D eigenvalue weighted by Gasteiger charge is 2.14. The minimum absolute atomic E-state index is 0.0977. The summed E-state index contributed by atoms with van der Waals surface area (Å²) in [6.07, 6.45) is 1.71. The van der Waals surface area contributed by atoms with Crippen molar-refractivity contribution < 1.29 is 19.4 Å². The van der Waals surface area contributed by atoms with Gasteiger partial charge in [0.05, 0.1) is 19.8 Å². The van der Waals surface area contributed by atoms with Gasteiger partial charge >= 0.3 is 0 Å². The van der Waals surface area contributed by atoms with Crippen LogP contribution >= 0.6 is 11.6 Å². The van der Waals surface area contributed by atoms with Crippen LogP contribution in [0, 0.1) is 0 Å². The van der Waals surface area contributed by atoms with E-state index in [0.717, 1.165) is 5.56 Å². The van der Waals surface area contributed by atoms with Crippen LogP contribution in [0.1, 0.15) is 22.8 Å². The predicted octanol–water partition coefficient (Wildman–Crippen LogP) is 4.35. The zero-order valence-electron chi connectivity index (χ0n) is 13.1. The number of hydrogen-bond donors (Lipinski definition) is 1. The molecule has 0 atom stereocenters. The maximum atomic E-state index is 12.5. The summed E-state index contributed by atoms with van der Waals surface area (Å²) in [5, 5.41) is 10.2. The Balaban J connectivity index is 2.35. The van der Waals surface area contributed by atoms with E-state index in [1.807, 2.05) is 6.07 Å². The number of ether oxygens (including phenoxy) is 2. The smallest absolute Gasteiger partial charge is 0.192 e. The van der Waals surface area contributed by atoms with Gasteiger partial charge in [-0.25, -0.2) is 0 Å². The number of methoxy groups -OCH3 is 2. The van der Waals surface area contributed by atoms with E-state index in [2.05, 4.69) is 0 Å². The molecule has 0 saturated carbocycles. The van der Waals surface area contributed by atoms with Crippen LogP contribution in [-0.4, -0.2) is 25.1 Å². The van der Waals surface area contributed by atoms with Gasteiger partial charge in [-0.2, -0.15) is 0 Å². The van der Waals surface area contributed by atoms with E-state index in [1.54, 1.807) is 39.4 Å². The third-order valence-corrected chi connectivity index (χ3v) is 3.59. The maximum absolute atomic E-state index is 12.5. The van der Waals surface area contributed by atoms with Gasteiger partial charge in [0, 0.05) is 5.02 Å². The molecule has 0 aliphatic heterocycles. The number of rotatable bonds is 5. The van der Waals surface area contributed by atoms with Gasteiger partial charge in [-0.1, -0.05) is 17.7 Å². The van der Waals surface area contributed by atoms with E-state index in [1.165, 1.54) is 18.2 Å². The molecule has 0 bridgehead atoms. The van der Waals surface area contributed by atoms with E-state index in [-0.39, 0.29) is 17.1 Å². The Morgan fingerprint density at radius 3 is 2.43 bits per heavy atom. The number of hydrogen-bond acceptors (Lipinski definition) is 4. The molecule has 0 saturated heterocycles. The molecule has 0 amide bonds. The highest BCUT2D eigenvalue weighted by Crippen LogP contribution is 2.29. The number of aromatic hydroxyl groups is 1. The molecule has 0 aromatic heterocycles. The third kappa shape index (κ3) is 3.85. The lowest BCUT2D eigenvalue weighted by Gasteiger charge is -2.09. The number of carbonyl (C=O) groups is 1. The summed E-state index contributed by atoms with van der Waals surface area (Å²) in [5.41, 5.74) is 1.43. The van der Waals surface area contributed by atoms with Crippen LogP contribution in [0.15, 0.2) is 42.0 Å². The summed E-state index contributed by atoms with van der Waals surface area (Å²) in [6.45, 7) is 1.68. The molecular formula is C18H17ClO4. The molecule has 0 aliphatic carbocycles. The fraction of sp³-hybridized carbons (Fsp3) is 0.167. The molecule has 4 nitrogen and oxygen atoms in total. The van der Waals surface area contributed by atoms with Gasteiger partial charge in [0.15, 0.2) is 17.3 Å². The van der Waals surface area contributed by atoms with Crippen molar-refractivity contribution in [3.8, 4) is 17.2 Å².